The summed E-state index contributed by atoms with van der Waals surface area (Å²) in [5.74, 6) is 0.595. The molecule has 0 heterocycles. The van der Waals surface area contributed by atoms with Gasteiger partial charge in [-0.05, 0) is 24.8 Å². The molecule has 2 unspecified atom stereocenters. The molecule has 0 spiro atoms. The third-order valence-electron chi connectivity index (χ3n) is 2.86. The molecule has 2 aliphatic rings. The normalized spacial score (nSPS) is 37.2. The van der Waals surface area contributed by atoms with Gasteiger partial charge in [-0.15, -0.1) is 0 Å². The summed E-state index contributed by atoms with van der Waals surface area (Å²) in [4.78, 5) is 0. The van der Waals surface area contributed by atoms with Gasteiger partial charge in [0.15, 0.2) is 0 Å². The van der Waals surface area contributed by atoms with Crippen LogP contribution in [0.4, 0.5) is 0 Å². The molecule has 0 fully saturated rings. The molecule has 70 valence electrons. The van der Waals surface area contributed by atoms with Crippen LogP contribution >= 0.6 is 0 Å². The van der Waals surface area contributed by atoms with E-state index < -0.39 is 0 Å². The summed E-state index contributed by atoms with van der Waals surface area (Å²) in [5.41, 5.74) is 1.47. The zero-order chi connectivity index (χ0) is 9.10. The van der Waals surface area contributed by atoms with Gasteiger partial charge in [-0.2, -0.15) is 0 Å². The second-order valence-corrected chi connectivity index (χ2v) is 3.65. The van der Waals surface area contributed by atoms with Gasteiger partial charge < -0.3 is 4.74 Å². The number of hydrogen-bond donors (Lipinski definition) is 0. The fourth-order valence-electron chi connectivity index (χ4n) is 2.17. The van der Waals surface area contributed by atoms with Crippen LogP contribution in [-0.4, -0.2) is 13.2 Å². The monoisotopic (exact) mass is 176 g/mol. The van der Waals surface area contributed by atoms with E-state index in [-0.39, 0.29) is 0 Å². The molecule has 0 saturated carbocycles. The van der Waals surface area contributed by atoms with E-state index >= 15 is 0 Å². The van der Waals surface area contributed by atoms with Gasteiger partial charge in [0.25, 0.3) is 0 Å². The van der Waals surface area contributed by atoms with E-state index in [1.54, 1.807) is 7.11 Å². The van der Waals surface area contributed by atoms with Crippen molar-refractivity contribution in [2.24, 2.45) is 5.92 Å². The highest BCUT2D eigenvalue weighted by atomic mass is 16.5. The largest absolute Gasteiger partial charge is 0.377 e. The van der Waals surface area contributed by atoms with E-state index in [4.69, 9.17) is 4.74 Å². The van der Waals surface area contributed by atoms with E-state index in [2.05, 4.69) is 30.4 Å². The van der Waals surface area contributed by atoms with Crippen molar-refractivity contribution in [1.82, 2.24) is 0 Å². The number of allylic oxidation sites excluding steroid dienone is 4. The Morgan fingerprint density at radius 1 is 1.38 bits per heavy atom. The average molecular weight is 176 g/mol. The summed E-state index contributed by atoms with van der Waals surface area (Å²) < 4.78 is 5.48. The molecule has 0 N–H and O–H groups in total. The van der Waals surface area contributed by atoms with Crippen molar-refractivity contribution in [3.05, 3.63) is 36.0 Å². The lowest BCUT2D eigenvalue weighted by Crippen LogP contribution is -2.20. The van der Waals surface area contributed by atoms with Crippen LogP contribution in [0.3, 0.4) is 0 Å². The molecule has 0 bridgehead atoms. The van der Waals surface area contributed by atoms with Gasteiger partial charge in [0.1, 0.15) is 0 Å². The van der Waals surface area contributed by atoms with Crippen LogP contribution in [0.1, 0.15) is 19.3 Å². The van der Waals surface area contributed by atoms with Gasteiger partial charge >= 0.3 is 0 Å². The summed E-state index contributed by atoms with van der Waals surface area (Å²) in [6, 6.07) is 0. The van der Waals surface area contributed by atoms with Crippen molar-refractivity contribution in [1.29, 1.82) is 0 Å². The predicted molar refractivity (Wildman–Crippen MR) is 54.5 cm³/mol. The molecule has 0 amide bonds. The lowest BCUT2D eigenvalue weighted by molar-refractivity contribution is 0.104. The third kappa shape index (κ3) is 1.75. The molecule has 1 heteroatoms. The van der Waals surface area contributed by atoms with Gasteiger partial charge in [-0.1, -0.05) is 30.4 Å². The van der Waals surface area contributed by atoms with Crippen molar-refractivity contribution in [2.45, 2.75) is 25.4 Å². The molecule has 0 aromatic heterocycles. The van der Waals surface area contributed by atoms with E-state index in [9.17, 15) is 0 Å². The minimum Gasteiger partial charge on any atom is -0.377 e. The van der Waals surface area contributed by atoms with E-state index in [0.717, 1.165) is 6.42 Å². The molecule has 0 radical (unpaired) electrons. The lowest BCUT2D eigenvalue weighted by atomic mass is 9.92. The zero-order valence-electron chi connectivity index (χ0n) is 8.07. The first-order valence-electron chi connectivity index (χ1n) is 4.98. The zero-order valence-corrected chi connectivity index (χ0v) is 8.07. The summed E-state index contributed by atoms with van der Waals surface area (Å²) in [5, 5.41) is 0. The first-order valence-corrected chi connectivity index (χ1v) is 4.98. The van der Waals surface area contributed by atoms with Gasteiger partial charge in [0.2, 0.25) is 0 Å². The molecule has 0 aliphatic heterocycles. The van der Waals surface area contributed by atoms with Crippen LogP contribution in [-0.2, 0) is 4.74 Å². The summed E-state index contributed by atoms with van der Waals surface area (Å²) in [6.07, 6.45) is 15.0. The predicted octanol–water partition coefficient (Wildman–Crippen LogP) is 2.85. The third-order valence-corrected chi connectivity index (χ3v) is 2.86. The van der Waals surface area contributed by atoms with Gasteiger partial charge in [-0.3, -0.25) is 0 Å². The molecular formula is C12H16O. The second-order valence-electron chi connectivity index (χ2n) is 3.65. The highest BCUT2D eigenvalue weighted by Gasteiger charge is 2.25. The minimum absolute atomic E-state index is 0.290. The summed E-state index contributed by atoms with van der Waals surface area (Å²) in [7, 11) is 1.80. The number of methoxy groups -OCH3 is 1. The minimum atomic E-state index is 0.290. The maximum atomic E-state index is 5.48. The van der Waals surface area contributed by atoms with Gasteiger partial charge in [0, 0.05) is 13.0 Å². The standard InChI is InChI=1S/C12H16O/c1-13-12-9-4-2-3-6-10-7-5-8-11(10)12/h3-4,6-7,9,11-12H,2,5,8H2,1H3/b6-3-,9-4-. The molecule has 0 saturated heterocycles. The Bertz CT molecular complexity index is 260. The Labute approximate surface area is 79.8 Å². The average Bonchev–Trinajstić information content (AvgIpc) is 2.53. The molecule has 1 nitrogen and oxygen atoms in total. The number of fused-ring (bicyclic) bond motifs is 1. The fraction of sp³-hybridized carbons (Fsp3) is 0.500. The number of rotatable bonds is 1. The van der Waals surface area contributed by atoms with E-state index in [0.29, 0.717) is 12.0 Å². The quantitative estimate of drug-likeness (QED) is 0.558. The first kappa shape index (κ1) is 8.76. The second kappa shape index (κ2) is 3.93. The summed E-state index contributed by atoms with van der Waals surface area (Å²) >= 11 is 0. The van der Waals surface area contributed by atoms with Crippen molar-refractivity contribution in [2.75, 3.05) is 7.11 Å². The Morgan fingerprint density at radius 3 is 3.15 bits per heavy atom. The van der Waals surface area contributed by atoms with Crippen molar-refractivity contribution >= 4 is 0 Å². The van der Waals surface area contributed by atoms with Crippen molar-refractivity contribution < 1.29 is 4.74 Å². The SMILES string of the molecule is COC1/C=C\C/C=C\C2=CCCC21. The van der Waals surface area contributed by atoms with Crippen LogP contribution in [0.2, 0.25) is 0 Å². The number of hydrogen-bond acceptors (Lipinski definition) is 1. The maximum Gasteiger partial charge on any atom is 0.0820 e. The molecule has 0 aromatic rings. The molecular weight excluding hydrogens is 160 g/mol. The molecule has 2 rings (SSSR count). The Morgan fingerprint density at radius 2 is 2.31 bits per heavy atom. The van der Waals surface area contributed by atoms with Crippen LogP contribution in [0.15, 0.2) is 36.0 Å². The van der Waals surface area contributed by atoms with Gasteiger partial charge in [-0.25, -0.2) is 0 Å². The highest BCUT2D eigenvalue weighted by molar-refractivity contribution is 5.29. The van der Waals surface area contributed by atoms with Crippen LogP contribution in [0.25, 0.3) is 0 Å². The van der Waals surface area contributed by atoms with Crippen LogP contribution in [0, 0.1) is 5.92 Å². The van der Waals surface area contributed by atoms with Crippen LogP contribution < -0.4 is 0 Å². The van der Waals surface area contributed by atoms with E-state index in [1.807, 2.05) is 0 Å². The first-order chi connectivity index (χ1) is 6.42. The Balaban J connectivity index is 2.22. The number of ether oxygens (including phenoxy) is 1. The lowest BCUT2D eigenvalue weighted by Gasteiger charge is -2.21. The molecule has 0 aromatic carbocycles. The van der Waals surface area contributed by atoms with Crippen LogP contribution in [0.5, 0.6) is 0 Å². The topological polar surface area (TPSA) is 9.23 Å². The molecule has 2 atom stereocenters. The molecule has 2 aliphatic carbocycles. The maximum absolute atomic E-state index is 5.48. The molecule has 13 heavy (non-hydrogen) atoms. The van der Waals surface area contributed by atoms with Crippen molar-refractivity contribution in [3.8, 4) is 0 Å². The smallest absolute Gasteiger partial charge is 0.0820 e. The highest BCUT2D eigenvalue weighted by Crippen LogP contribution is 2.32. The summed E-state index contributed by atoms with van der Waals surface area (Å²) in [6.45, 7) is 0. The van der Waals surface area contributed by atoms with Gasteiger partial charge in [0.05, 0.1) is 6.10 Å². The van der Waals surface area contributed by atoms with E-state index in [1.165, 1.54) is 18.4 Å². The Hall–Kier alpha value is -0.820. The fourth-order valence-corrected chi connectivity index (χ4v) is 2.17. The van der Waals surface area contributed by atoms with Crippen molar-refractivity contribution in [3.63, 3.8) is 0 Å². The Kier molecular flexibility index (Phi) is 2.65.